The molecule has 0 saturated heterocycles. The Bertz CT molecular complexity index is 1450. The number of aliphatic hydroxyl groups excluding tert-OH is 1. The van der Waals surface area contributed by atoms with E-state index in [1.807, 2.05) is 32.1 Å². The second-order valence-corrected chi connectivity index (χ2v) is 11.0. The van der Waals surface area contributed by atoms with Crippen molar-refractivity contribution >= 4 is 50.4 Å². The number of aromatic nitrogens is 2. The summed E-state index contributed by atoms with van der Waals surface area (Å²) in [6.07, 6.45) is 1.89. The zero-order chi connectivity index (χ0) is 28.3. The van der Waals surface area contributed by atoms with E-state index in [2.05, 4.69) is 32.1 Å². The quantitative estimate of drug-likeness (QED) is 0.241. The van der Waals surface area contributed by atoms with Crippen LogP contribution in [-0.4, -0.2) is 83.0 Å². The molecule has 1 aromatic heterocycles. The van der Waals surface area contributed by atoms with E-state index in [9.17, 15) is 13.5 Å². The predicted octanol–water partition coefficient (Wildman–Crippen LogP) is 2.98. The highest BCUT2D eigenvalue weighted by Gasteiger charge is 2.39. The van der Waals surface area contributed by atoms with Crippen molar-refractivity contribution in [1.29, 1.82) is 0 Å². The zero-order valence-electron chi connectivity index (χ0n) is 22.7. The van der Waals surface area contributed by atoms with Crippen LogP contribution in [0.3, 0.4) is 0 Å². The van der Waals surface area contributed by atoms with Crippen LogP contribution in [0.4, 0.5) is 40.2 Å². The van der Waals surface area contributed by atoms with E-state index in [0.717, 1.165) is 18.8 Å². The number of hydrogen-bond donors (Lipinski definition) is 3. The fraction of sp³-hybridized carbons (Fsp3) is 0.308. The summed E-state index contributed by atoms with van der Waals surface area (Å²) in [5.41, 5.74) is 2.99. The molecule has 0 aliphatic carbocycles. The molecular weight excluding hydrogens is 520 g/mol. The normalized spacial score (nSPS) is 14.6. The molecule has 0 bridgehead atoms. The number of nitrogens with zero attached hydrogens (tertiary/aromatic N) is 6. The van der Waals surface area contributed by atoms with Crippen LogP contribution in [0.2, 0.25) is 0 Å². The van der Waals surface area contributed by atoms with Gasteiger partial charge in [-0.05, 0) is 38.4 Å². The molecule has 3 aromatic rings. The summed E-state index contributed by atoms with van der Waals surface area (Å²) < 4.78 is 34.5. The predicted molar refractivity (Wildman–Crippen MR) is 156 cm³/mol. The van der Waals surface area contributed by atoms with Gasteiger partial charge in [-0.2, -0.15) is 13.4 Å². The van der Waals surface area contributed by atoms with E-state index >= 15 is 0 Å². The molecule has 208 valence electrons. The van der Waals surface area contributed by atoms with Crippen molar-refractivity contribution in [3.05, 3.63) is 61.3 Å². The smallest absolute Gasteiger partial charge is 0.331 e. The number of para-hydroxylation sites is 2. The van der Waals surface area contributed by atoms with Gasteiger partial charge in [0.2, 0.25) is 5.95 Å². The lowest BCUT2D eigenvalue weighted by Crippen LogP contribution is -2.33. The Morgan fingerprint density at radius 2 is 1.85 bits per heavy atom. The SMILES string of the molecule is C=CC(O)Nc1cc(Nc2nccc(N3c4ccccc4N(C)S3(=O)=O)n2)c(OC)cc1N(C)CCN(C)C. The maximum absolute atomic E-state index is 13.2. The van der Waals surface area contributed by atoms with Crippen molar-refractivity contribution in [3.63, 3.8) is 0 Å². The minimum absolute atomic E-state index is 0.164. The van der Waals surface area contributed by atoms with Crippen LogP contribution in [-0.2, 0) is 10.2 Å². The molecule has 0 saturated carbocycles. The first kappa shape index (κ1) is 28.0. The van der Waals surface area contributed by atoms with Crippen LogP contribution >= 0.6 is 0 Å². The van der Waals surface area contributed by atoms with E-state index in [1.165, 1.54) is 34.0 Å². The van der Waals surface area contributed by atoms with Crippen molar-refractivity contribution in [2.45, 2.75) is 6.23 Å². The number of rotatable bonds is 11. The lowest BCUT2D eigenvalue weighted by Gasteiger charge is -2.27. The molecule has 0 amide bonds. The molecule has 13 heteroatoms. The van der Waals surface area contributed by atoms with E-state index < -0.39 is 16.4 Å². The van der Waals surface area contributed by atoms with Gasteiger partial charge in [-0.15, -0.1) is 0 Å². The van der Waals surface area contributed by atoms with Crippen molar-refractivity contribution in [2.75, 3.05) is 72.5 Å². The molecular formula is C26H34N8O4S. The molecule has 1 aliphatic rings. The molecule has 4 rings (SSSR count). The van der Waals surface area contributed by atoms with E-state index in [1.54, 1.807) is 37.4 Å². The number of benzene rings is 2. The molecule has 0 spiro atoms. The maximum Gasteiger partial charge on any atom is 0.331 e. The van der Waals surface area contributed by atoms with Gasteiger partial charge in [-0.25, -0.2) is 9.29 Å². The third-order valence-corrected chi connectivity index (χ3v) is 7.98. The standard InChI is InChI=1S/C26H34N8O4S/c1-7-25(35)28-18-16-19(23(38-6)17-22(18)32(4)15-14-31(2)3)29-26-27-13-12-24(30-26)34-21-11-9-8-10-20(21)33(5)39(34,36)37/h7-13,16-17,25,28,35H,1,14-15H2,2-6H3,(H,27,29,30). The topological polar surface area (TPSA) is 126 Å². The number of anilines is 7. The first-order valence-electron chi connectivity index (χ1n) is 12.2. The van der Waals surface area contributed by atoms with Gasteiger partial charge in [0.1, 0.15) is 12.0 Å². The third kappa shape index (κ3) is 5.70. The largest absolute Gasteiger partial charge is 0.494 e. The molecule has 2 aromatic carbocycles. The summed E-state index contributed by atoms with van der Waals surface area (Å²) in [7, 11) is 5.15. The van der Waals surface area contributed by atoms with Crippen LogP contribution < -0.4 is 28.9 Å². The number of methoxy groups -OCH3 is 1. The fourth-order valence-electron chi connectivity index (χ4n) is 4.11. The third-order valence-electron chi connectivity index (χ3n) is 6.25. The van der Waals surface area contributed by atoms with Gasteiger partial charge in [0.15, 0.2) is 5.82 Å². The fourth-order valence-corrected chi connectivity index (χ4v) is 5.50. The Labute approximate surface area is 229 Å². The van der Waals surface area contributed by atoms with Crippen molar-refractivity contribution in [1.82, 2.24) is 14.9 Å². The summed E-state index contributed by atoms with van der Waals surface area (Å²) in [6.45, 7) is 5.19. The van der Waals surface area contributed by atoms with Gasteiger partial charge in [0.25, 0.3) is 0 Å². The monoisotopic (exact) mass is 554 g/mol. The van der Waals surface area contributed by atoms with Gasteiger partial charge in [-0.1, -0.05) is 18.7 Å². The minimum Gasteiger partial charge on any atom is -0.494 e. The number of nitrogens with one attached hydrogen (secondary N) is 2. The van der Waals surface area contributed by atoms with E-state index in [-0.39, 0.29) is 11.8 Å². The minimum atomic E-state index is -3.86. The molecule has 39 heavy (non-hydrogen) atoms. The first-order chi connectivity index (χ1) is 18.6. The number of ether oxygens (including phenoxy) is 1. The molecule has 1 unspecified atom stereocenters. The summed E-state index contributed by atoms with van der Waals surface area (Å²) in [5, 5.41) is 16.4. The van der Waals surface area contributed by atoms with Crippen LogP contribution in [0.1, 0.15) is 0 Å². The summed E-state index contributed by atoms with van der Waals surface area (Å²) in [4.78, 5) is 12.9. The zero-order valence-corrected chi connectivity index (χ0v) is 23.5. The average molecular weight is 555 g/mol. The van der Waals surface area contributed by atoms with Crippen LogP contribution in [0.25, 0.3) is 0 Å². The number of fused-ring (bicyclic) bond motifs is 1. The first-order valence-corrected chi connectivity index (χ1v) is 13.6. The lowest BCUT2D eigenvalue weighted by atomic mass is 10.2. The van der Waals surface area contributed by atoms with Gasteiger partial charge in [0.05, 0.1) is 35.5 Å². The average Bonchev–Trinajstić information content (AvgIpc) is 3.12. The number of aliphatic hydroxyl groups is 1. The van der Waals surface area contributed by atoms with Crippen molar-refractivity contribution < 1.29 is 18.3 Å². The second-order valence-electron chi connectivity index (χ2n) is 9.21. The van der Waals surface area contributed by atoms with Gasteiger partial charge < -0.3 is 30.3 Å². The lowest BCUT2D eigenvalue weighted by molar-refractivity contribution is 0.253. The van der Waals surface area contributed by atoms with E-state index in [0.29, 0.717) is 28.5 Å². The van der Waals surface area contributed by atoms with Crippen LogP contribution in [0.15, 0.2) is 61.3 Å². The molecule has 0 radical (unpaired) electrons. The Hall–Kier alpha value is -4.07. The van der Waals surface area contributed by atoms with Gasteiger partial charge in [-0.3, -0.25) is 4.31 Å². The molecule has 0 fully saturated rings. The van der Waals surface area contributed by atoms with Crippen molar-refractivity contribution in [2.24, 2.45) is 0 Å². The molecule has 1 aliphatic heterocycles. The highest BCUT2D eigenvalue weighted by atomic mass is 32.2. The number of likely N-dealkylation sites (N-methyl/N-ethyl adjacent to an activating group) is 2. The summed E-state index contributed by atoms with van der Waals surface area (Å²) >= 11 is 0. The number of hydrogen-bond acceptors (Lipinski definition) is 10. The Morgan fingerprint density at radius 3 is 2.51 bits per heavy atom. The summed E-state index contributed by atoms with van der Waals surface area (Å²) in [5.74, 6) is 0.855. The molecule has 3 N–H and O–H groups in total. The Morgan fingerprint density at radius 1 is 1.13 bits per heavy atom. The highest BCUT2D eigenvalue weighted by Crippen LogP contribution is 2.44. The van der Waals surface area contributed by atoms with Gasteiger partial charge in [0, 0.05) is 45.5 Å². The highest BCUT2D eigenvalue weighted by molar-refractivity contribution is 7.95. The molecule has 2 heterocycles. The van der Waals surface area contributed by atoms with Crippen LogP contribution in [0.5, 0.6) is 5.75 Å². The van der Waals surface area contributed by atoms with Crippen molar-refractivity contribution in [3.8, 4) is 5.75 Å². The molecule has 12 nitrogen and oxygen atoms in total. The summed E-state index contributed by atoms with van der Waals surface area (Å²) in [6, 6.07) is 12.2. The second kappa shape index (κ2) is 11.4. The Kier molecular flexibility index (Phi) is 8.14. The van der Waals surface area contributed by atoms with Gasteiger partial charge >= 0.3 is 10.2 Å². The van der Waals surface area contributed by atoms with Crippen LogP contribution in [0, 0.1) is 0 Å². The Balaban J connectivity index is 1.71. The molecule has 1 atom stereocenters. The van der Waals surface area contributed by atoms with E-state index in [4.69, 9.17) is 4.74 Å². The maximum atomic E-state index is 13.2.